The number of thioether (sulfide) groups is 1. The zero-order valence-corrected chi connectivity index (χ0v) is 13.2. The second-order valence-electron chi connectivity index (χ2n) is 6.79. The first-order valence-corrected chi connectivity index (χ1v) is 8.05. The molecule has 0 amide bonds. The van der Waals surface area contributed by atoms with E-state index >= 15 is 0 Å². The van der Waals surface area contributed by atoms with Crippen LogP contribution in [0.25, 0.3) is 0 Å². The molecule has 3 rings (SSSR count). The van der Waals surface area contributed by atoms with E-state index in [-0.39, 0.29) is 33.3 Å². The normalized spacial score (nSPS) is 33.4. The van der Waals surface area contributed by atoms with Gasteiger partial charge in [-0.3, -0.25) is 4.79 Å². The lowest BCUT2D eigenvalue weighted by atomic mass is 9.71. The van der Waals surface area contributed by atoms with Gasteiger partial charge in [0.15, 0.2) is 0 Å². The van der Waals surface area contributed by atoms with Crippen LogP contribution in [0, 0.1) is 16.7 Å². The van der Waals surface area contributed by atoms with Gasteiger partial charge in [-0.05, 0) is 35.8 Å². The highest BCUT2D eigenvalue weighted by molar-refractivity contribution is 8.00. The van der Waals surface area contributed by atoms with E-state index in [4.69, 9.17) is 0 Å². The van der Waals surface area contributed by atoms with Crippen molar-refractivity contribution >= 4 is 23.5 Å². The zero-order valence-electron chi connectivity index (χ0n) is 12.4. The molecule has 4 nitrogen and oxygen atoms in total. The fourth-order valence-corrected chi connectivity index (χ4v) is 5.53. The summed E-state index contributed by atoms with van der Waals surface area (Å²) in [6.45, 7) is 6.50. The van der Waals surface area contributed by atoms with Gasteiger partial charge < -0.3 is 5.11 Å². The molecule has 1 aromatic heterocycles. The Hall–Kier alpha value is -1.36. The van der Waals surface area contributed by atoms with E-state index in [2.05, 4.69) is 25.8 Å². The highest BCUT2D eigenvalue weighted by Crippen LogP contribution is 2.67. The van der Waals surface area contributed by atoms with Gasteiger partial charge in [-0.1, -0.05) is 32.5 Å². The number of hydrogen-bond acceptors (Lipinski definition) is 4. The van der Waals surface area contributed by atoms with Crippen molar-refractivity contribution in [1.82, 2.24) is 4.98 Å². The highest BCUT2D eigenvalue weighted by atomic mass is 32.2. The van der Waals surface area contributed by atoms with Gasteiger partial charge in [0.2, 0.25) is 0 Å². The predicted octanol–water partition coefficient (Wildman–Crippen LogP) is 3.27. The average Bonchev–Trinajstić information content (AvgIpc) is 2.73. The number of hydrogen-bond donors (Lipinski definition) is 1. The lowest BCUT2D eigenvalue weighted by Gasteiger charge is -2.37. The van der Waals surface area contributed by atoms with Crippen LogP contribution < -0.4 is 0 Å². The third-order valence-corrected chi connectivity index (χ3v) is 7.24. The monoisotopic (exact) mass is 305 g/mol. The molecule has 0 saturated heterocycles. The van der Waals surface area contributed by atoms with E-state index in [1.54, 1.807) is 18.3 Å². The molecule has 112 valence electrons. The number of carboxylic acid groups (broad SMARTS) is 1. The van der Waals surface area contributed by atoms with E-state index in [1.807, 2.05) is 0 Å². The molecule has 3 unspecified atom stereocenters. The van der Waals surface area contributed by atoms with Crippen molar-refractivity contribution in [3.63, 3.8) is 0 Å². The van der Waals surface area contributed by atoms with Crippen LogP contribution in [0.2, 0.25) is 0 Å². The summed E-state index contributed by atoms with van der Waals surface area (Å²) in [6.07, 6.45) is 3.55. The molecule has 3 atom stereocenters. The Bertz CT molecular complexity index is 628. The van der Waals surface area contributed by atoms with Gasteiger partial charge in [-0.15, -0.1) is 0 Å². The minimum absolute atomic E-state index is 0.0279. The van der Waals surface area contributed by atoms with E-state index in [9.17, 15) is 14.7 Å². The molecule has 1 N–H and O–H groups in total. The standard InChI is InChI=1S/C16H19NO3S/c1-15(2)10-6-7-16(15,3)12(11(10)18)21-13-9(14(19)20)5-4-8-17-13/h4-5,8,10,12H,6-7H2,1-3H3,(H,19,20). The molecule has 1 heterocycles. The van der Waals surface area contributed by atoms with Crippen LogP contribution in [0.15, 0.2) is 23.4 Å². The van der Waals surface area contributed by atoms with Gasteiger partial charge in [-0.2, -0.15) is 0 Å². The first-order valence-electron chi connectivity index (χ1n) is 7.18. The Morgan fingerprint density at radius 2 is 2.14 bits per heavy atom. The summed E-state index contributed by atoms with van der Waals surface area (Å²) in [7, 11) is 0. The van der Waals surface area contributed by atoms with Crippen molar-refractivity contribution in [3.8, 4) is 0 Å². The van der Waals surface area contributed by atoms with Crippen molar-refractivity contribution in [2.45, 2.75) is 43.9 Å². The van der Waals surface area contributed by atoms with Crippen molar-refractivity contribution < 1.29 is 14.7 Å². The summed E-state index contributed by atoms with van der Waals surface area (Å²) in [4.78, 5) is 28.2. The largest absolute Gasteiger partial charge is 0.478 e. The number of aromatic nitrogens is 1. The summed E-state index contributed by atoms with van der Waals surface area (Å²) in [5, 5.41) is 9.52. The first kappa shape index (κ1) is 14.6. The molecule has 2 saturated carbocycles. The number of ketones is 1. The zero-order chi connectivity index (χ0) is 15.4. The van der Waals surface area contributed by atoms with E-state index in [0.717, 1.165) is 12.8 Å². The van der Waals surface area contributed by atoms with Crippen LogP contribution in [0.5, 0.6) is 0 Å². The highest BCUT2D eigenvalue weighted by Gasteiger charge is 2.66. The van der Waals surface area contributed by atoms with Gasteiger partial charge in [-0.25, -0.2) is 9.78 Å². The Balaban J connectivity index is 1.97. The summed E-state index contributed by atoms with van der Waals surface area (Å²) in [5.74, 6) is -0.636. The molecule has 0 spiro atoms. The van der Waals surface area contributed by atoms with Gasteiger partial charge in [0.25, 0.3) is 0 Å². The minimum Gasteiger partial charge on any atom is -0.478 e. The lowest BCUT2D eigenvalue weighted by molar-refractivity contribution is -0.122. The summed E-state index contributed by atoms with van der Waals surface area (Å²) in [6, 6.07) is 3.16. The predicted molar refractivity (Wildman–Crippen MR) is 80.5 cm³/mol. The lowest BCUT2D eigenvalue weighted by Crippen LogP contribution is -2.35. The maximum absolute atomic E-state index is 12.7. The molecule has 0 aliphatic heterocycles. The molecule has 2 aliphatic rings. The molecule has 2 aliphatic carbocycles. The number of nitrogens with zero attached hydrogens (tertiary/aromatic N) is 1. The van der Waals surface area contributed by atoms with Crippen LogP contribution >= 0.6 is 11.8 Å². The van der Waals surface area contributed by atoms with Crippen molar-refractivity contribution in [3.05, 3.63) is 23.9 Å². The SMILES string of the molecule is CC1(C)C2CCC1(C)C(Sc1ncccc1C(=O)O)C2=O. The Kier molecular flexibility index (Phi) is 3.17. The van der Waals surface area contributed by atoms with Crippen molar-refractivity contribution in [1.29, 1.82) is 0 Å². The molecule has 21 heavy (non-hydrogen) atoms. The minimum atomic E-state index is -0.995. The van der Waals surface area contributed by atoms with Gasteiger partial charge in [0.05, 0.1) is 10.8 Å². The summed E-state index contributed by atoms with van der Waals surface area (Å²) >= 11 is 1.34. The molecule has 0 aromatic carbocycles. The molecular weight excluding hydrogens is 286 g/mol. The van der Waals surface area contributed by atoms with Crippen LogP contribution in [0.3, 0.4) is 0 Å². The average molecular weight is 305 g/mol. The van der Waals surface area contributed by atoms with Gasteiger partial charge in [0.1, 0.15) is 10.8 Å². The smallest absolute Gasteiger partial charge is 0.338 e. The topological polar surface area (TPSA) is 67.3 Å². The van der Waals surface area contributed by atoms with Gasteiger partial charge in [0, 0.05) is 12.1 Å². The van der Waals surface area contributed by atoms with Crippen LogP contribution in [0.4, 0.5) is 0 Å². The fraction of sp³-hybridized carbons (Fsp3) is 0.562. The second kappa shape index (κ2) is 4.57. The number of Topliss-reactive ketones (excluding diaryl/α,β-unsaturated/α-hetero) is 1. The number of carboxylic acids is 1. The van der Waals surface area contributed by atoms with Crippen LogP contribution in [0.1, 0.15) is 44.0 Å². The van der Waals surface area contributed by atoms with Gasteiger partial charge >= 0.3 is 5.97 Å². The Labute approximate surface area is 128 Å². The maximum Gasteiger partial charge on any atom is 0.338 e. The van der Waals surface area contributed by atoms with E-state index in [0.29, 0.717) is 5.03 Å². The number of fused-ring (bicyclic) bond motifs is 2. The molecule has 5 heteroatoms. The van der Waals surface area contributed by atoms with Crippen molar-refractivity contribution in [2.75, 3.05) is 0 Å². The molecular formula is C16H19NO3S. The first-order chi connectivity index (χ1) is 9.79. The van der Waals surface area contributed by atoms with Crippen LogP contribution in [-0.4, -0.2) is 27.1 Å². The van der Waals surface area contributed by atoms with E-state index < -0.39 is 5.97 Å². The molecule has 0 radical (unpaired) electrons. The second-order valence-corrected chi connectivity index (χ2v) is 7.89. The Morgan fingerprint density at radius 1 is 1.43 bits per heavy atom. The summed E-state index contributed by atoms with van der Waals surface area (Å²) in [5.41, 5.74) is 0.0616. The van der Waals surface area contributed by atoms with E-state index in [1.165, 1.54) is 11.8 Å². The maximum atomic E-state index is 12.7. The van der Waals surface area contributed by atoms with Crippen molar-refractivity contribution in [2.24, 2.45) is 16.7 Å². The third-order valence-electron chi connectivity index (χ3n) is 5.71. The van der Waals surface area contributed by atoms with Crippen LogP contribution in [-0.2, 0) is 4.79 Å². The quantitative estimate of drug-likeness (QED) is 0.928. The number of carbonyl (C=O) groups is 2. The molecule has 2 fully saturated rings. The molecule has 1 aromatic rings. The molecule has 2 bridgehead atoms. The third kappa shape index (κ3) is 1.86. The number of aromatic carboxylic acids is 1. The number of rotatable bonds is 3. The fourth-order valence-electron chi connectivity index (χ4n) is 3.94. The summed E-state index contributed by atoms with van der Waals surface area (Å²) < 4.78 is 0. The number of pyridine rings is 1. The number of carbonyl (C=O) groups excluding carboxylic acids is 1. The Morgan fingerprint density at radius 3 is 2.71 bits per heavy atom.